The van der Waals surface area contributed by atoms with Gasteiger partial charge in [-0.2, -0.15) is 0 Å². The van der Waals surface area contributed by atoms with Crippen LogP contribution in [-0.4, -0.2) is 41.8 Å². The van der Waals surface area contributed by atoms with E-state index in [1.807, 2.05) is 0 Å². The molecule has 17 heavy (non-hydrogen) atoms. The Bertz CT molecular complexity index is 245. The maximum Gasteiger partial charge on any atom is 0.500 e. The van der Waals surface area contributed by atoms with Gasteiger partial charge in [-0.1, -0.05) is 0 Å². The Balaban J connectivity index is 4.28. The van der Waals surface area contributed by atoms with Crippen LogP contribution in [0.4, 0.5) is 0 Å². The van der Waals surface area contributed by atoms with Crippen LogP contribution in [0.1, 0.15) is 19.8 Å². The summed E-state index contributed by atoms with van der Waals surface area (Å²) in [7, 11) is 1.95. The summed E-state index contributed by atoms with van der Waals surface area (Å²) in [6, 6.07) is 0.549. The highest BCUT2D eigenvalue weighted by molar-refractivity contribution is 6.60. The minimum absolute atomic E-state index is 0.211. The van der Waals surface area contributed by atoms with E-state index in [0.717, 1.165) is 0 Å². The minimum atomic E-state index is -2.62. The number of carbonyl (C=O) groups is 2. The molecule has 6 nitrogen and oxygen atoms in total. The monoisotopic (exact) mass is 263 g/mol. The van der Waals surface area contributed by atoms with Crippen LogP contribution < -0.4 is 5.73 Å². The molecule has 0 aromatic rings. The van der Waals surface area contributed by atoms with Crippen molar-refractivity contribution in [2.45, 2.75) is 25.8 Å². The second kappa shape index (κ2) is 7.54. The number of hydrogen-bond acceptors (Lipinski definition) is 5. The fourth-order valence-electron chi connectivity index (χ4n) is 1.62. The van der Waals surface area contributed by atoms with Crippen LogP contribution in [0.25, 0.3) is 0 Å². The van der Waals surface area contributed by atoms with Crippen molar-refractivity contribution >= 4 is 20.5 Å². The Kier molecular flexibility index (Phi) is 7.20. The van der Waals surface area contributed by atoms with Gasteiger partial charge >= 0.3 is 8.80 Å². The molecule has 0 rings (SSSR count). The quantitative estimate of drug-likeness (QED) is 0.478. The van der Waals surface area contributed by atoms with E-state index in [2.05, 4.69) is 0 Å². The molecular weight excluding hydrogens is 242 g/mol. The summed E-state index contributed by atoms with van der Waals surface area (Å²) >= 11 is 0. The first-order chi connectivity index (χ1) is 7.92. The zero-order valence-electron chi connectivity index (χ0n) is 10.8. The summed E-state index contributed by atoms with van der Waals surface area (Å²) in [6.45, 7) is 1.36. The van der Waals surface area contributed by atoms with Gasteiger partial charge in [0.25, 0.3) is 0 Å². The van der Waals surface area contributed by atoms with Crippen molar-refractivity contribution in [2.75, 3.05) is 21.3 Å². The number of hydrogen-bond donors (Lipinski definition) is 1. The summed E-state index contributed by atoms with van der Waals surface area (Å²) in [4.78, 5) is 22.2. The molecule has 0 aromatic carbocycles. The standard InChI is InChI=1S/C10H21NO5Si/c1-8(12)9(10(11)13)6-5-7-17(14-2,15-3)16-4/h9H,5-7H2,1-4H3,(H2,11,13). The molecule has 0 spiro atoms. The predicted molar refractivity (Wildman–Crippen MR) is 64.2 cm³/mol. The second-order valence-electron chi connectivity index (χ2n) is 3.75. The van der Waals surface area contributed by atoms with Gasteiger partial charge in [0.2, 0.25) is 5.91 Å². The average Bonchev–Trinajstić information content (AvgIpc) is 2.29. The highest BCUT2D eigenvalue weighted by Gasteiger charge is 2.37. The second-order valence-corrected chi connectivity index (χ2v) is 6.84. The molecule has 0 aliphatic heterocycles. The molecule has 0 aliphatic carbocycles. The lowest BCUT2D eigenvalue weighted by molar-refractivity contribution is -0.131. The lowest BCUT2D eigenvalue weighted by atomic mass is 9.99. The molecule has 2 N–H and O–H groups in total. The zero-order chi connectivity index (χ0) is 13.5. The van der Waals surface area contributed by atoms with Crippen LogP contribution in [0.15, 0.2) is 0 Å². The molecule has 100 valence electrons. The molecule has 1 atom stereocenters. The maximum absolute atomic E-state index is 11.2. The summed E-state index contributed by atoms with van der Waals surface area (Å²) in [5, 5.41) is 0. The van der Waals surface area contributed by atoms with Crippen molar-refractivity contribution < 1.29 is 22.9 Å². The van der Waals surface area contributed by atoms with E-state index >= 15 is 0 Å². The van der Waals surface area contributed by atoms with E-state index in [9.17, 15) is 9.59 Å². The minimum Gasteiger partial charge on any atom is -0.377 e. The Hall–Kier alpha value is -0.763. The Labute approximate surface area is 103 Å². The highest BCUT2D eigenvalue weighted by Crippen LogP contribution is 2.19. The third-order valence-electron chi connectivity index (χ3n) is 2.74. The van der Waals surface area contributed by atoms with Crippen molar-refractivity contribution in [2.24, 2.45) is 11.7 Å². The van der Waals surface area contributed by atoms with E-state index in [4.69, 9.17) is 19.0 Å². The molecule has 0 saturated heterocycles. The Morgan fingerprint density at radius 2 is 1.65 bits per heavy atom. The fourth-order valence-corrected chi connectivity index (χ4v) is 3.37. The van der Waals surface area contributed by atoms with Crippen LogP contribution in [0.2, 0.25) is 6.04 Å². The van der Waals surface area contributed by atoms with E-state index in [1.165, 1.54) is 28.3 Å². The van der Waals surface area contributed by atoms with Crippen molar-refractivity contribution in [1.82, 2.24) is 0 Å². The van der Waals surface area contributed by atoms with Crippen LogP contribution in [0.3, 0.4) is 0 Å². The van der Waals surface area contributed by atoms with Gasteiger partial charge in [-0.3, -0.25) is 9.59 Å². The van der Waals surface area contributed by atoms with E-state index in [-0.39, 0.29) is 5.78 Å². The summed E-state index contributed by atoms with van der Waals surface area (Å²) in [5.41, 5.74) is 5.14. The topological polar surface area (TPSA) is 87.9 Å². The molecule has 7 heteroatoms. The van der Waals surface area contributed by atoms with E-state index < -0.39 is 20.6 Å². The first-order valence-corrected chi connectivity index (χ1v) is 7.31. The largest absolute Gasteiger partial charge is 0.500 e. The molecule has 0 heterocycles. The lowest BCUT2D eigenvalue weighted by Crippen LogP contribution is -2.42. The molecular formula is C10H21NO5Si. The molecule has 0 bridgehead atoms. The van der Waals surface area contributed by atoms with Gasteiger partial charge in [-0.15, -0.1) is 0 Å². The Morgan fingerprint density at radius 1 is 1.18 bits per heavy atom. The maximum atomic E-state index is 11.2. The highest BCUT2D eigenvalue weighted by atomic mass is 28.4. The smallest absolute Gasteiger partial charge is 0.377 e. The summed E-state index contributed by atoms with van der Waals surface area (Å²) in [6.07, 6.45) is 0.991. The predicted octanol–water partition coefficient (Wildman–Crippen LogP) is 0.335. The van der Waals surface area contributed by atoms with Gasteiger partial charge in [0.15, 0.2) is 0 Å². The van der Waals surface area contributed by atoms with Gasteiger partial charge in [0, 0.05) is 27.4 Å². The molecule has 0 saturated carbocycles. The normalized spacial score (nSPS) is 13.4. The van der Waals surface area contributed by atoms with E-state index in [1.54, 1.807) is 0 Å². The van der Waals surface area contributed by atoms with Crippen molar-refractivity contribution in [1.29, 1.82) is 0 Å². The first kappa shape index (κ1) is 16.2. The summed E-state index contributed by atoms with van der Waals surface area (Å²) in [5.74, 6) is -1.53. The Morgan fingerprint density at radius 3 is 1.94 bits per heavy atom. The van der Waals surface area contributed by atoms with Crippen LogP contribution in [0, 0.1) is 5.92 Å². The third-order valence-corrected chi connectivity index (χ3v) is 5.57. The van der Waals surface area contributed by atoms with Crippen molar-refractivity contribution in [3.05, 3.63) is 0 Å². The number of primary amides is 1. The van der Waals surface area contributed by atoms with Crippen LogP contribution >= 0.6 is 0 Å². The van der Waals surface area contributed by atoms with E-state index in [0.29, 0.717) is 18.9 Å². The third kappa shape index (κ3) is 4.94. The number of amides is 1. The molecule has 1 amide bonds. The lowest BCUT2D eigenvalue weighted by Gasteiger charge is -2.24. The number of carbonyl (C=O) groups excluding carboxylic acids is 2. The number of nitrogens with two attached hydrogens (primary N) is 1. The van der Waals surface area contributed by atoms with Crippen LogP contribution in [-0.2, 0) is 22.9 Å². The number of ketones is 1. The zero-order valence-corrected chi connectivity index (χ0v) is 11.8. The molecule has 0 radical (unpaired) electrons. The van der Waals surface area contributed by atoms with Gasteiger partial charge < -0.3 is 19.0 Å². The number of Topliss-reactive ketones (excluding diaryl/α,β-unsaturated/α-hetero) is 1. The first-order valence-electron chi connectivity index (χ1n) is 5.37. The average molecular weight is 263 g/mol. The number of rotatable bonds is 9. The molecule has 0 aliphatic rings. The van der Waals surface area contributed by atoms with Crippen molar-refractivity contribution in [3.8, 4) is 0 Å². The molecule has 0 fully saturated rings. The van der Waals surface area contributed by atoms with Gasteiger partial charge in [-0.05, 0) is 19.8 Å². The summed E-state index contributed by atoms with van der Waals surface area (Å²) < 4.78 is 15.7. The van der Waals surface area contributed by atoms with Gasteiger partial charge in [-0.25, -0.2) is 0 Å². The van der Waals surface area contributed by atoms with Gasteiger partial charge in [0.1, 0.15) is 5.78 Å². The fraction of sp³-hybridized carbons (Fsp3) is 0.800. The SMILES string of the molecule is CO[Si](CCCC(C(C)=O)C(N)=O)(OC)OC. The molecule has 1 unspecified atom stereocenters. The van der Waals surface area contributed by atoms with Gasteiger partial charge in [0.05, 0.1) is 5.92 Å². The van der Waals surface area contributed by atoms with Crippen molar-refractivity contribution in [3.63, 3.8) is 0 Å². The van der Waals surface area contributed by atoms with Crippen LogP contribution in [0.5, 0.6) is 0 Å². The molecule has 0 aromatic heterocycles.